The Morgan fingerprint density at radius 2 is 1.21 bits per heavy atom. The average molecular weight is 375 g/mol. The molecule has 1 aromatic heterocycles. The molecule has 0 radical (unpaired) electrons. The molecular formula is C27H21NO. The van der Waals surface area contributed by atoms with Crippen molar-refractivity contribution < 1.29 is 5.11 Å². The molecule has 0 saturated heterocycles. The Balaban J connectivity index is 1.87. The Morgan fingerprint density at radius 1 is 0.621 bits per heavy atom. The molecule has 0 aliphatic rings. The summed E-state index contributed by atoms with van der Waals surface area (Å²) < 4.78 is 2.36. The first kappa shape index (κ1) is 17.3. The van der Waals surface area contributed by atoms with Crippen molar-refractivity contribution in [2.45, 2.75) is 6.54 Å². The van der Waals surface area contributed by atoms with Crippen molar-refractivity contribution in [3.05, 3.63) is 115 Å². The molecule has 5 rings (SSSR count). The maximum atomic E-state index is 10.3. The molecule has 0 saturated carbocycles. The monoisotopic (exact) mass is 375 g/mol. The zero-order valence-corrected chi connectivity index (χ0v) is 16.0. The van der Waals surface area contributed by atoms with E-state index in [0.717, 1.165) is 34.1 Å². The smallest absolute Gasteiger partial charge is 0.116 e. The van der Waals surface area contributed by atoms with Crippen molar-refractivity contribution in [2.24, 2.45) is 0 Å². The fourth-order valence-electron chi connectivity index (χ4n) is 4.07. The van der Waals surface area contributed by atoms with Crippen molar-refractivity contribution >= 4 is 10.9 Å². The van der Waals surface area contributed by atoms with Crippen LogP contribution in [-0.2, 0) is 6.54 Å². The number of fused-ring (bicyclic) bond motifs is 1. The number of aromatic nitrogens is 1. The zero-order valence-electron chi connectivity index (χ0n) is 16.0. The highest BCUT2D eigenvalue weighted by Gasteiger charge is 2.20. The van der Waals surface area contributed by atoms with Gasteiger partial charge in [-0.1, -0.05) is 91.0 Å². The number of phenols is 1. The number of phenolic OH excluding ortho intramolecular Hbond substituents is 1. The van der Waals surface area contributed by atoms with E-state index < -0.39 is 0 Å². The lowest BCUT2D eigenvalue weighted by atomic mass is 9.98. The maximum Gasteiger partial charge on any atom is 0.116 e. The van der Waals surface area contributed by atoms with Crippen LogP contribution in [0.5, 0.6) is 5.75 Å². The molecule has 0 aliphatic heterocycles. The molecule has 0 fully saturated rings. The van der Waals surface area contributed by atoms with Crippen LogP contribution in [0.4, 0.5) is 0 Å². The summed E-state index contributed by atoms with van der Waals surface area (Å²) in [6.45, 7) is 0.763. The van der Waals surface area contributed by atoms with E-state index >= 15 is 0 Å². The number of hydrogen-bond acceptors (Lipinski definition) is 1. The van der Waals surface area contributed by atoms with Crippen LogP contribution >= 0.6 is 0 Å². The van der Waals surface area contributed by atoms with Gasteiger partial charge < -0.3 is 9.67 Å². The van der Waals surface area contributed by atoms with Crippen molar-refractivity contribution in [1.29, 1.82) is 0 Å². The van der Waals surface area contributed by atoms with E-state index in [1.165, 1.54) is 11.3 Å². The van der Waals surface area contributed by atoms with Crippen molar-refractivity contribution in [3.63, 3.8) is 0 Å². The lowest BCUT2D eigenvalue weighted by Gasteiger charge is -2.13. The topological polar surface area (TPSA) is 25.2 Å². The second-order valence-electron chi connectivity index (χ2n) is 7.23. The first-order chi connectivity index (χ1) is 14.3. The Hall–Kier alpha value is -3.78. The van der Waals surface area contributed by atoms with E-state index in [1.54, 1.807) is 6.07 Å². The fraction of sp³-hybridized carbons (Fsp3) is 0.0370. The van der Waals surface area contributed by atoms with E-state index in [-0.39, 0.29) is 5.75 Å². The van der Waals surface area contributed by atoms with Gasteiger partial charge in [0, 0.05) is 23.0 Å². The summed E-state index contributed by atoms with van der Waals surface area (Å²) in [5, 5.41) is 11.3. The molecule has 1 heterocycles. The van der Waals surface area contributed by atoms with E-state index in [2.05, 4.69) is 77.4 Å². The third kappa shape index (κ3) is 3.19. The number of rotatable bonds is 4. The average Bonchev–Trinajstić information content (AvgIpc) is 3.09. The largest absolute Gasteiger partial charge is 0.508 e. The third-order valence-corrected chi connectivity index (χ3v) is 5.34. The second-order valence-corrected chi connectivity index (χ2v) is 7.23. The third-order valence-electron chi connectivity index (χ3n) is 5.34. The van der Waals surface area contributed by atoms with E-state index in [0.29, 0.717) is 0 Å². The summed E-state index contributed by atoms with van der Waals surface area (Å²) in [7, 11) is 0. The number of hydrogen-bond donors (Lipinski definition) is 1. The highest BCUT2D eigenvalue weighted by Crippen LogP contribution is 2.42. The van der Waals surface area contributed by atoms with Gasteiger partial charge >= 0.3 is 0 Å². The lowest BCUT2D eigenvalue weighted by molar-refractivity contribution is 0.476. The summed E-state index contributed by atoms with van der Waals surface area (Å²) in [5.41, 5.74) is 6.99. The minimum Gasteiger partial charge on any atom is -0.508 e. The van der Waals surface area contributed by atoms with Crippen molar-refractivity contribution in [3.8, 4) is 28.1 Å². The van der Waals surface area contributed by atoms with Gasteiger partial charge in [0.15, 0.2) is 0 Å². The molecule has 0 bridgehead atoms. The van der Waals surface area contributed by atoms with Crippen LogP contribution in [-0.4, -0.2) is 9.67 Å². The summed E-state index contributed by atoms with van der Waals surface area (Å²) in [6.07, 6.45) is 0. The van der Waals surface area contributed by atoms with E-state index in [9.17, 15) is 5.11 Å². The van der Waals surface area contributed by atoms with Gasteiger partial charge in [-0.2, -0.15) is 0 Å². The molecule has 5 aromatic rings. The SMILES string of the molecule is Oc1ccc2c(c1)c(-c1ccccc1)c(-c1ccccc1)n2Cc1ccccc1. The van der Waals surface area contributed by atoms with Gasteiger partial charge in [0.1, 0.15) is 5.75 Å². The Kier molecular flexibility index (Phi) is 4.38. The predicted octanol–water partition coefficient (Wildman–Crippen LogP) is 6.73. The maximum absolute atomic E-state index is 10.3. The molecule has 29 heavy (non-hydrogen) atoms. The quantitative estimate of drug-likeness (QED) is 0.370. The molecule has 4 aromatic carbocycles. The van der Waals surface area contributed by atoms with Crippen LogP contribution < -0.4 is 0 Å². The normalized spacial score (nSPS) is 11.0. The molecule has 2 heteroatoms. The summed E-state index contributed by atoms with van der Waals surface area (Å²) >= 11 is 0. The molecule has 2 nitrogen and oxygen atoms in total. The molecule has 1 N–H and O–H groups in total. The molecule has 0 unspecified atom stereocenters. The predicted molar refractivity (Wildman–Crippen MR) is 120 cm³/mol. The van der Waals surface area contributed by atoms with Crippen LogP contribution in [0, 0.1) is 0 Å². The van der Waals surface area contributed by atoms with Crippen LogP contribution in [0.3, 0.4) is 0 Å². The Labute approximate surface area is 170 Å². The van der Waals surface area contributed by atoms with Gasteiger partial charge in [-0.15, -0.1) is 0 Å². The Morgan fingerprint density at radius 3 is 1.86 bits per heavy atom. The molecular weight excluding hydrogens is 354 g/mol. The fourth-order valence-corrected chi connectivity index (χ4v) is 4.07. The van der Waals surface area contributed by atoms with Gasteiger partial charge in [0.2, 0.25) is 0 Å². The van der Waals surface area contributed by atoms with Crippen molar-refractivity contribution in [1.82, 2.24) is 4.57 Å². The van der Waals surface area contributed by atoms with Gasteiger partial charge in [0.05, 0.1) is 5.69 Å². The number of nitrogens with zero attached hydrogens (tertiary/aromatic N) is 1. The van der Waals surface area contributed by atoms with Crippen LogP contribution in [0.1, 0.15) is 5.56 Å². The van der Waals surface area contributed by atoms with Gasteiger partial charge in [0.25, 0.3) is 0 Å². The highest BCUT2D eigenvalue weighted by molar-refractivity contribution is 6.05. The first-order valence-electron chi connectivity index (χ1n) is 9.81. The molecule has 0 aliphatic carbocycles. The van der Waals surface area contributed by atoms with Crippen molar-refractivity contribution in [2.75, 3.05) is 0 Å². The van der Waals surface area contributed by atoms with Gasteiger partial charge in [-0.05, 0) is 34.9 Å². The van der Waals surface area contributed by atoms with Crippen LogP contribution in [0.25, 0.3) is 33.3 Å². The summed E-state index contributed by atoms with van der Waals surface area (Å²) in [4.78, 5) is 0. The molecule has 0 atom stereocenters. The van der Waals surface area contributed by atoms with Gasteiger partial charge in [-0.3, -0.25) is 0 Å². The van der Waals surface area contributed by atoms with E-state index in [4.69, 9.17) is 0 Å². The summed E-state index contributed by atoms with van der Waals surface area (Å²) in [5.74, 6) is 0.283. The molecule has 0 spiro atoms. The molecule has 0 amide bonds. The summed E-state index contributed by atoms with van der Waals surface area (Å²) in [6, 6.07) is 37.1. The standard InChI is InChI=1S/C27H21NO/c29-23-16-17-25-24(18-23)26(21-12-6-2-7-13-21)27(22-14-8-3-9-15-22)28(25)19-20-10-4-1-5-11-20/h1-18,29H,19H2. The Bertz CT molecular complexity index is 1260. The van der Waals surface area contributed by atoms with Gasteiger partial charge in [-0.25, -0.2) is 0 Å². The second kappa shape index (κ2) is 7.33. The molecule has 140 valence electrons. The van der Waals surface area contributed by atoms with Crippen LogP contribution in [0.15, 0.2) is 109 Å². The lowest BCUT2D eigenvalue weighted by Crippen LogP contribution is -2.02. The first-order valence-corrected chi connectivity index (χ1v) is 9.81. The number of benzene rings is 4. The number of aromatic hydroxyl groups is 1. The van der Waals surface area contributed by atoms with E-state index in [1.807, 2.05) is 30.3 Å². The minimum absolute atomic E-state index is 0.283. The highest BCUT2D eigenvalue weighted by atomic mass is 16.3. The zero-order chi connectivity index (χ0) is 19.6. The van der Waals surface area contributed by atoms with Crippen LogP contribution in [0.2, 0.25) is 0 Å². The minimum atomic E-state index is 0.283.